The fraction of sp³-hybridized carbons (Fsp3) is 0.429. The zero-order valence-corrected chi connectivity index (χ0v) is 5.75. The van der Waals surface area contributed by atoms with Crippen LogP contribution in [0.4, 0.5) is 0 Å². The number of rotatable bonds is 4. The third kappa shape index (κ3) is 5.18. The van der Waals surface area contributed by atoms with Gasteiger partial charge in [-0.3, -0.25) is 0 Å². The lowest BCUT2D eigenvalue weighted by Gasteiger charge is -1.94. The number of hydrogen-bond donors (Lipinski definition) is 3. The van der Waals surface area contributed by atoms with Gasteiger partial charge in [-0.2, -0.15) is 0 Å². The Morgan fingerprint density at radius 3 is 2.40 bits per heavy atom. The van der Waals surface area contributed by atoms with Crippen LogP contribution in [0.15, 0.2) is 24.2 Å². The van der Waals surface area contributed by atoms with Gasteiger partial charge in [-0.1, -0.05) is 6.58 Å². The summed E-state index contributed by atoms with van der Waals surface area (Å²) in [4.78, 5) is 0. The van der Waals surface area contributed by atoms with Crippen LogP contribution < -0.4 is 0 Å². The standard InChI is InChI=1S/C7H12O3/c1-6(9)3-2-4-7(10)5-8/h4,8-10H,1-3,5H2/b7-4+. The molecule has 0 atom stereocenters. The molecule has 0 aromatic carbocycles. The minimum Gasteiger partial charge on any atom is -0.513 e. The number of hydrogen-bond acceptors (Lipinski definition) is 3. The molecule has 0 fully saturated rings. The molecule has 0 amide bonds. The first-order chi connectivity index (χ1) is 4.66. The number of aliphatic hydroxyl groups excluding tert-OH is 3. The third-order valence-electron chi connectivity index (χ3n) is 0.975. The van der Waals surface area contributed by atoms with E-state index in [-0.39, 0.29) is 18.1 Å². The monoisotopic (exact) mass is 144 g/mol. The summed E-state index contributed by atoms with van der Waals surface area (Å²) in [7, 11) is 0. The van der Waals surface area contributed by atoms with Crippen molar-refractivity contribution < 1.29 is 15.3 Å². The molecule has 0 radical (unpaired) electrons. The maximum atomic E-state index is 8.67. The summed E-state index contributed by atoms with van der Waals surface area (Å²) >= 11 is 0. The molecule has 58 valence electrons. The Labute approximate surface area is 59.9 Å². The summed E-state index contributed by atoms with van der Waals surface area (Å²) in [6.07, 6.45) is 2.37. The first-order valence-corrected chi connectivity index (χ1v) is 3.02. The van der Waals surface area contributed by atoms with Crippen LogP contribution in [0.2, 0.25) is 0 Å². The van der Waals surface area contributed by atoms with Crippen molar-refractivity contribution in [2.75, 3.05) is 6.61 Å². The second-order valence-corrected chi connectivity index (χ2v) is 1.96. The molecule has 0 aliphatic heterocycles. The Bertz CT molecular complexity index is 138. The summed E-state index contributed by atoms with van der Waals surface area (Å²) in [6.45, 7) is 2.91. The summed E-state index contributed by atoms with van der Waals surface area (Å²) in [5.74, 6) is 0.0169. The molecule has 3 heteroatoms. The molecule has 0 saturated heterocycles. The molecule has 0 spiro atoms. The van der Waals surface area contributed by atoms with Gasteiger partial charge in [0.15, 0.2) is 0 Å². The van der Waals surface area contributed by atoms with Crippen molar-refractivity contribution in [2.24, 2.45) is 0 Å². The quantitative estimate of drug-likeness (QED) is 0.521. The van der Waals surface area contributed by atoms with Crippen molar-refractivity contribution in [3.63, 3.8) is 0 Å². The predicted molar refractivity (Wildman–Crippen MR) is 38.8 cm³/mol. The maximum absolute atomic E-state index is 8.67. The van der Waals surface area contributed by atoms with Crippen molar-refractivity contribution in [1.82, 2.24) is 0 Å². The third-order valence-corrected chi connectivity index (χ3v) is 0.975. The fourth-order valence-electron chi connectivity index (χ4n) is 0.470. The van der Waals surface area contributed by atoms with Gasteiger partial charge in [0.2, 0.25) is 0 Å². The normalized spacial score (nSPS) is 11.5. The Hall–Kier alpha value is -0.960. The van der Waals surface area contributed by atoms with Crippen LogP contribution in [-0.4, -0.2) is 21.9 Å². The van der Waals surface area contributed by atoms with Crippen LogP contribution in [0.5, 0.6) is 0 Å². The largest absolute Gasteiger partial charge is 0.513 e. The van der Waals surface area contributed by atoms with E-state index in [1.807, 2.05) is 0 Å². The second kappa shape index (κ2) is 4.88. The summed E-state index contributed by atoms with van der Waals surface area (Å²) < 4.78 is 0. The zero-order valence-electron chi connectivity index (χ0n) is 5.75. The van der Waals surface area contributed by atoms with Crippen LogP contribution in [-0.2, 0) is 0 Å². The van der Waals surface area contributed by atoms with Crippen molar-refractivity contribution >= 4 is 0 Å². The van der Waals surface area contributed by atoms with E-state index in [9.17, 15) is 0 Å². The van der Waals surface area contributed by atoms with Gasteiger partial charge in [0.05, 0.1) is 12.4 Å². The smallest absolute Gasteiger partial charge is 0.114 e. The average Bonchev–Trinajstić information content (AvgIpc) is 1.87. The van der Waals surface area contributed by atoms with E-state index < -0.39 is 0 Å². The molecular weight excluding hydrogens is 132 g/mol. The molecule has 0 bridgehead atoms. The van der Waals surface area contributed by atoms with Crippen molar-refractivity contribution in [3.05, 3.63) is 24.2 Å². The Morgan fingerprint density at radius 1 is 1.40 bits per heavy atom. The summed E-state index contributed by atoms with van der Waals surface area (Å²) in [6, 6.07) is 0. The van der Waals surface area contributed by atoms with E-state index in [1.165, 1.54) is 6.08 Å². The van der Waals surface area contributed by atoms with E-state index in [1.54, 1.807) is 0 Å². The molecule has 3 nitrogen and oxygen atoms in total. The van der Waals surface area contributed by atoms with Gasteiger partial charge in [0.25, 0.3) is 0 Å². The van der Waals surface area contributed by atoms with Crippen molar-refractivity contribution in [2.45, 2.75) is 12.8 Å². The van der Waals surface area contributed by atoms with Gasteiger partial charge in [-0.15, -0.1) is 0 Å². The highest BCUT2D eigenvalue weighted by Crippen LogP contribution is 2.00. The number of allylic oxidation sites excluding steroid dienone is 2. The summed E-state index contributed by atoms with van der Waals surface area (Å²) in [5.41, 5.74) is 0. The van der Waals surface area contributed by atoms with Gasteiger partial charge < -0.3 is 15.3 Å². The first-order valence-electron chi connectivity index (χ1n) is 3.02. The first kappa shape index (κ1) is 9.04. The maximum Gasteiger partial charge on any atom is 0.114 e. The SMILES string of the molecule is C=C(O)CC/C=C(/O)CO. The highest BCUT2D eigenvalue weighted by molar-refractivity contribution is 4.93. The molecule has 0 aliphatic rings. The predicted octanol–water partition coefficient (Wildman–Crippen LogP) is 1.27. The van der Waals surface area contributed by atoms with Crippen LogP contribution in [0.3, 0.4) is 0 Å². The van der Waals surface area contributed by atoms with Crippen LogP contribution >= 0.6 is 0 Å². The van der Waals surface area contributed by atoms with Crippen LogP contribution in [0, 0.1) is 0 Å². The molecular formula is C7H12O3. The van der Waals surface area contributed by atoms with Crippen molar-refractivity contribution in [3.8, 4) is 0 Å². The van der Waals surface area contributed by atoms with Crippen molar-refractivity contribution in [1.29, 1.82) is 0 Å². The average molecular weight is 144 g/mol. The van der Waals surface area contributed by atoms with E-state index in [2.05, 4.69) is 6.58 Å². The molecule has 3 N–H and O–H groups in total. The minimum absolute atomic E-state index is 0.0683. The Balaban J connectivity index is 3.43. The topological polar surface area (TPSA) is 60.7 Å². The van der Waals surface area contributed by atoms with Gasteiger partial charge >= 0.3 is 0 Å². The molecule has 0 aromatic heterocycles. The highest BCUT2D eigenvalue weighted by atomic mass is 16.3. The second-order valence-electron chi connectivity index (χ2n) is 1.96. The number of aliphatic hydroxyl groups is 3. The zero-order chi connectivity index (χ0) is 7.98. The molecule has 0 rings (SSSR count). The lowest BCUT2D eigenvalue weighted by molar-refractivity contribution is 0.252. The van der Waals surface area contributed by atoms with E-state index in [0.717, 1.165) is 0 Å². The molecule has 0 saturated carbocycles. The fourth-order valence-corrected chi connectivity index (χ4v) is 0.470. The van der Waals surface area contributed by atoms with Crippen LogP contribution in [0.25, 0.3) is 0 Å². The Kier molecular flexibility index (Phi) is 4.41. The van der Waals surface area contributed by atoms with E-state index >= 15 is 0 Å². The van der Waals surface area contributed by atoms with Gasteiger partial charge in [0, 0.05) is 6.42 Å². The Morgan fingerprint density at radius 2 is 2.00 bits per heavy atom. The molecule has 0 unspecified atom stereocenters. The van der Waals surface area contributed by atoms with E-state index in [4.69, 9.17) is 15.3 Å². The van der Waals surface area contributed by atoms with Gasteiger partial charge in [0.1, 0.15) is 5.76 Å². The van der Waals surface area contributed by atoms with E-state index in [0.29, 0.717) is 12.8 Å². The van der Waals surface area contributed by atoms with Gasteiger partial charge in [-0.05, 0) is 12.5 Å². The lowest BCUT2D eigenvalue weighted by Crippen LogP contribution is -1.87. The molecule has 0 aliphatic carbocycles. The molecule has 0 aromatic rings. The lowest BCUT2D eigenvalue weighted by atomic mass is 10.2. The molecule has 0 heterocycles. The highest BCUT2D eigenvalue weighted by Gasteiger charge is 1.89. The summed E-state index contributed by atoms with van der Waals surface area (Å²) in [5, 5.41) is 25.5. The van der Waals surface area contributed by atoms with Gasteiger partial charge in [-0.25, -0.2) is 0 Å². The minimum atomic E-state index is -0.349. The molecule has 10 heavy (non-hydrogen) atoms. The van der Waals surface area contributed by atoms with Crippen LogP contribution in [0.1, 0.15) is 12.8 Å².